The highest BCUT2D eigenvalue weighted by Crippen LogP contribution is 2.28. The second kappa shape index (κ2) is 13.8. The lowest BCUT2D eigenvalue weighted by Crippen LogP contribution is -2.39. The second-order valence-electron chi connectivity index (χ2n) is 5.78. The minimum atomic E-state index is 0. The van der Waals surface area contributed by atoms with E-state index in [1.807, 2.05) is 23.9 Å². The first-order valence-corrected chi connectivity index (χ1v) is 9.89. The molecule has 0 aliphatic heterocycles. The zero-order valence-corrected chi connectivity index (χ0v) is 17.6. The summed E-state index contributed by atoms with van der Waals surface area (Å²) in [6.07, 6.45) is 8.35. The molecule has 0 bridgehead atoms. The van der Waals surface area contributed by atoms with Crippen LogP contribution in [0.1, 0.15) is 25.0 Å². The Bertz CT molecular complexity index is 439. The number of hydrogen-bond acceptors (Lipinski definition) is 4. The standard InChI is InChI=1S/C17H29N3O2S.HI/c1-23-13-10-20-17(19-9-7-16-4-2-12-22-16)18-8-3-11-21-14-15-5-6-15;/h2,4,12,15H,3,5-11,13-14H2,1H3,(H2,18,19,20);1H. The van der Waals surface area contributed by atoms with Gasteiger partial charge in [-0.25, -0.2) is 0 Å². The summed E-state index contributed by atoms with van der Waals surface area (Å²) < 4.78 is 11.0. The fourth-order valence-corrected chi connectivity index (χ4v) is 2.40. The van der Waals surface area contributed by atoms with E-state index in [-0.39, 0.29) is 24.0 Å². The van der Waals surface area contributed by atoms with Gasteiger partial charge in [-0.15, -0.1) is 24.0 Å². The van der Waals surface area contributed by atoms with Gasteiger partial charge in [-0.2, -0.15) is 11.8 Å². The van der Waals surface area contributed by atoms with Crippen LogP contribution in [0.4, 0.5) is 0 Å². The molecule has 7 heteroatoms. The Kier molecular flexibility index (Phi) is 12.5. The van der Waals surface area contributed by atoms with Crippen molar-refractivity contribution in [2.75, 3.05) is 44.9 Å². The lowest BCUT2D eigenvalue weighted by atomic mass is 10.3. The zero-order chi connectivity index (χ0) is 16.2. The number of thioether (sulfide) groups is 1. The number of halogens is 1. The number of furan rings is 1. The number of aliphatic imine (C=N–C) groups is 1. The number of nitrogens with zero attached hydrogens (tertiary/aromatic N) is 1. The Morgan fingerprint density at radius 1 is 1.38 bits per heavy atom. The molecule has 1 heterocycles. The molecular weight excluding hydrogens is 437 g/mol. The molecule has 1 aromatic rings. The van der Waals surface area contributed by atoms with Crippen molar-refractivity contribution >= 4 is 41.7 Å². The third-order valence-corrected chi connectivity index (χ3v) is 4.22. The molecule has 0 spiro atoms. The average molecular weight is 467 g/mol. The van der Waals surface area contributed by atoms with Gasteiger partial charge in [-0.05, 0) is 43.6 Å². The van der Waals surface area contributed by atoms with Gasteiger partial charge in [-0.1, -0.05) is 0 Å². The van der Waals surface area contributed by atoms with Crippen molar-refractivity contribution in [3.05, 3.63) is 24.2 Å². The van der Waals surface area contributed by atoms with E-state index in [0.717, 1.165) is 69.1 Å². The molecule has 1 aromatic heterocycles. The largest absolute Gasteiger partial charge is 0.469 e. The highest BCUT2D eigenvalue weighted by molar-refractivity contribution is 14.0. The van der Waals surface area contributed by atoms with Crippen LogP contribution < -0.4 is 10.6 Å². The van der Waals surface area contributed by atoms with Crippen molar-refractivity contribution in [2.24, 2.45) is 10.9 Å². The van der Waals surface area contributed by atoms with Crippen LogP contribution in [-0.4, -0.2) is 50.8 Å². The monoisotopic (exact) mass is 467 g/mol. The maximum atomic E-state index is 5.64. The van der Waals surface area contributed by atoms with Crippen LogP contribution in [0.25, 0.3) is 0 Å². The lowest BCUT2D eigenvalue weighted by Gasteiger charge is -2.12. The summed E-state index contributed by atoms with van der Waals surface area (Å²) in [6, 6.07) is 3.92. The van der Waals surface area contributed by atoms with Crippen LogP contribution in [0.5, 0.6) is 0 Å². The Labute approximate surface area is 166 Å². The van der Waals surface area contributed by atoms with Gasteiger partial charge in [0.25, 0.3) is 0 Å². The lowest BCUT2D eigenvalue weighted by molar-refractivity contribution is 0.123. The van der Waals surface area contributed by atoms with Gasteiger partial charge >= 0.3 is 0 Å². The fraction of sp³-hybridized carbons (Fsp3) is 0.706. The van der Waals surface area contributed by atoms with Crippen LogP contribution >= 0.6 is 35.7 Å². The summed E-state index contributed by atoms with van der Waals surface area (Å²) >= 11 is 1.83. The molecule has 5 nitrogen and oxygen atoms in total. The molecule has 0 aromatic carbocycles. The molecule has 0 amide bonds. The van der Waals surface area contributed by atoms with Crippen LogP contribution in [-0.2, 0) is 11.2 Å². The van der Waals surface area contributed by atoms with E-state index in [1.54, 1.807) is 6.26 Å². The van der Waals surface area contributed by atoms with Gasteiger partial charge in [0.15, 0.2) is 5.96 Å². The molecule has 0 radical (unpaired) electrons. The predicted octanol–water partition coefficient (Wildman–Crippen LogP) is 3.16. The van der Waals surface area contributed by atoms with E-state index in [2.05, 4.69) is 21.9 Å². The molecular formula is C17H30IN3O2S. The van der Waals surface area contributed by atoms with Gasteiger partial charge in [0.05, 0.1) is 6.26 Å². The molecule has 2 N–H and O–H groups in total. The summed E-state index contributed by atoms with van der Waals surface area (Å²) in [5.41, 5.74) is 0. The topological polar surface area (TPSA) is 58.8 Å². The quantitative estimate of drug-likeness (QED) is 0.214. The van der Waals surface area contributed by atoms with Crippen LogP contribution in [0.15, 0.2) is 27.8 Å². The number of hydrogen-bond donors (Lipinski definition) is 2. The summed E-state index contributed by atoms with van der Waals surface area (Å²) in [5, 5.41) is 6.73. The molecule has 1 aliphatic carbocycles. The SMILES string of the molecule is CSCCNC(=NCCCOCC1CC1)NCCc1ccco1.I. The third-order valence-electron chi connectivity index (χ3n) is 3.61. The van der Waals surface area contributed by atoms with E-state index in [1.165, 1.54) is 12.8 Å². The van der Waals surface area contributed by atoms with E-state index >= 15 is 0 Å². The average Bonchev–Trinajstić information content (AvgIpc) is 3.24. The Morgan fingerprint density at radius 3 is 2.92 bits per heavy atom. The number of guanidine groups is 1. The molecule has 1 fully saturated rings. The molecule has 2 rings (SSSR count). The molecule has 0 atom stereocenters. The van der Waals surface area contributed by atoms with E-state index in [9.17, 15) is 0 Å². The number of ether oxygens (including phenoxy) is 1. The van der Waals surface area contributed by atoms with Crippen LogP contribution in [0, 0.1) is 5.92 Å². The summed E-state index contributed by atoms with van der Waals surface area (Å²) in [6.45, 7) is 4.27. The van der Waals surface area contributed by atoms with Crippen molar-refractivity contribution in [3.8, 4) is 0 Å². The van der Waals surface area contributed by atoms with E-state index in [0.29, 0.717) is 0 Å². The smallest absolute Gasteiger partial charge is 0.191 e. The third kappa shape index (κ3) is 10.5. The van der Waals surface area contributed by atoms with Gasteiger partial charge in [-0.3, -0.25) is 4.99 Å². The predicted molar refractivity (Wildman–Crippen MR) is 113 cm³/mol. The summed E-state index contributed by atoms with van der Waals surface area (Å²) in [7, 11) is 0. The van der Waals surface area contributed by atoms with Gasteiger partial charge in [0.2, 0.25) is 0 Å². The molecule has 138 valence electrons. The Hall–Kier alpha value is -0.410. The molecule has 1 aliphatic rings. The normalized spacial score (nSPS) is 14.3. The first kappa shape index (κ1) is 21.6. The van der Waals surface area contributed by atoms with Gasteiger partial charge in [0, 0.05) is 45.0 Å². The van der Waals surface area contributed by atoms with Crippen molar-refractivity contribution in [1.82, 2.24) is 10.6 Å². The molecule has 24 heavy (non-hydrogen) atoms. The van der Waals surface area contributed by atoms with Crippen molar-refractivity contribution in [2.45, 2.75) is 25.7 Å². The molecule has 0 saturated heterocycles. The Morgan fingerprint density at radius 2 is 2.21 bits per heavy atom. The second-order valence-corrected chi connectivity index (χ2v) is 6.76. The van der Waals surface area contributed by atoms with Gasteiger partial charge < -0.3 is 19.8 Å². The summed E-state index contributed by atoms with van der Waals surface area (Å²) in [5.74, 6) is 3.79. The van der Waals surface area contributed by atoms with Crippen molar-refractivity contribution in [3.63, 3.8) is 0 Å². The fourth-order valence-electron chi connectivity index (χ4n) is 2.10. The highest BCUT2D eigenvalue weighted by Gasteiger charge is 2.20. The summed E-state index contributed by atoms with van der Waals surface area (Å²) in [4.78, 5) is 4.62. The van der Waals surface area contributed by atoms with E-state index < -0.39 is 0 Å². The highest BCUT2D eigenvalue weighted by atomic mass is 127. The zero-order valence-electron chi connectivity index (χ0n) is 14.5. The van der Waals surface area contributed by atoms with Crippen molar-refractivity contribution in [1.29, 1.82) is 0 Å². The minimum Gasteiger partial charge on any atom is -0.469 e. The first-order chi connectivity index (χ1) is 11.4. The maximum Gasteiger partial charge on any atom is 0.191 e. The molecule has 0 unspecified atom stereocenters. The number of rotatable bonds is 12. The first-order valence-electron chi connectivity index (χ1n) is 8.49. The molecule has 1 saturated carbocycles. The van der Waals surface area contributed by atoms with Crippen LogP contribution in [0.2, 0.25) is 0 Å². The van der Waals surface area contributed by atoms with E-state index in [4.69, 9.17) is 9.15 Å². The van der Waals surface area contributed by atoms with Crippen molar-refractivity contribution < 1.29 is 9.15 Å². The van der Waals surface area contributed by atoms with Gasteiger partial charge in [0.1, 0.15) is 5.76 Å². The Balaban J connectivity index is 0.00000288. The number of nitrogens with one attached hydrogen (secondary N) is 2. The minimum absolute atomic E-state index is 0. The van der Waals surface area contributed by atoms with Crippen LogP contribution in [0.3, 0.4) is 0 Å². The maximum absolute atomic E-state index is 5.64.